The molecule has 16 heavy (non-hydrogen) atoms. The van der Waals surface area contributed by atoms with Crippen LogP contribution in [0.15, 0.2) is 27.8 Å². The molecule has 2 rings (SSSR count). The number of hydrogen-bond donors (Lipinski definition) is 2. The van der Waals surface area contributed by atoms with Gasteiger partial charge in [0.25, 0.3) is 0 Å². The van der Waals surface area contributed by atoms with E-state index < -0.39 is 0 Å². The maximum Gasteiger partial charge on any atom is 0.170 e. The second-order valence-electron chi connectivity index (χ2n) is 3.88. The van der Waals surface area contributed by atoms with E-state index in [0.717, 1.165) is 22.7 Å². The summed E-state index contributed by atoms with van der Waals surface area (Å²) in [6.45, 7) is 0.765. The van der Waals surface area contributed by atoms with Crippen molar-refractivity contribution in [2.24, 2.45) is 16.8 Å². The second kappa shape index (κ2) is 4.74. The molecule has 5 heteroatoms. The zero-order valence-electron chi connectivity index (χ0n) is 8.69. The second-order valence-corrected chi connectivity index (χ2v) is 4.74. The van der Waals surface area contributed by atoms with Crippen molar-refractivity contribution in [3.05, 3.63) is 28.2 Å². The average Bonchev–Trinajstić information content (AvgIpc) is 3.10. The van der Waals surface area contributed by atoms with Crippen molar-refractivity contribution < 1.29 is 9.94 Å². The Bertz CT molecular complexity index is 416. The van der Waals surface area contributed by atoms with Gasteiger partial charge in [0.1, 0.15) is 5.75 Å². The summed E-state index contributed by atoms with van der Waals surface area (Å²) in [4.78, 5) is 0. The highest BCUT2D eigenvalue weighted by molar-refractivity contribution is 9.10. The summed E-state index contributed by atoms with van der Waals surface area (Å²) in [6.07, 6.45) is 2.53. The number of ether oxygens (including phenoxy) is 1. The molecule has 86 valence electrons. The minimum Gasteiger partial charge on any atom is -0.492 e. The molecular formula is C11H13BrN2O2. The summed E-state index contributed by atoms with van der Waals surface area (Å²) in [5, 5.41) is 11.5. The molecule has 0 radical (unpaired) electrons. The van der Waals surface area contributed by atoms with Crippen LogP contribution in [0.2, 0.25) is 0 Å². The van der Waals surface area contributed by atoms with Crippen molar-refractivity contribution in [3.63, 3.8) is 0 Å². The molecule has 0 saturated heterocycles. The SMILES string of the molecule is N/C(=N/O)c1ccc(OCC2CC2)c(Br)c1. The molecule has 0 aromatic heterocycles. The minimum absolute atomic E-state index is 0.0921. The Morgan fingerprint density at radius 1 is 1.56 bits per heavy atom. The summed E-state index contributed by atoms with van der Waals surface area (Å²) in [7, 11) is 0. The van der Waals surface area contributed by atoms with Gasteiger partial charge in [0.15, 0.2) is 5.84 Å². The number of benzene rings is 1. The van der Waals surface area contributed by atoms with E-state index >= 15 is 0 Å². The molecule has 0 atom stereocenters. The first kappa shape index (κ1) is 11.3. The van der Waals surface area contributed by atoms with Crippen LogP contribution in [0, 0.1) is 5.92 Å². The first-order chi connectivity index (χ1) is 7.70. The normalized spacial score (nSPS) is 16.2. The van der Waals surface area contributed by atoms with Gasteiger partial charge in [-0.2, -0.15) is 0 Å². The van der Waals surface area contributed by atoms with Gasteiger partial charge in [-0.05, 0) is 52.9 Å². The third kappa shape index (κ3) is 2.66. The molecular weight excluding hydrogens is 272 g/mol. The van der Waals surface area contributed by atoms with E-state index in [1.54, 1.807) is 12.1 Å². The molecule has 3 N–H and O–H groups in total. The van der Waals surface area contributed by atoms with E-state index in [9.17, 15) is 0 Å². The Labute approximate surface area is 102 Å². The molecule has 0 amide bonds. The lowest BCUT2D eigenvalue weighted by atomic mass is 10.2. The van der Waals surface area contributed by atoms with Gasteiger partial charge in [0, 0.05) is 5.56 Å². The van der Waals surface area contributed by atoms with Crippen molar-refractivity contribution >= 4 is 21.8 Å². The van der Waals surface area contributed by atoms with Crippen molar-refractivity contribution in [1.29, 1.82) is 0 Å². The Morgan fingerprint density at radius 3 is 2.88 bits per heavy atom. The molecule has 1 fully saturated rings. The molecule has 1 aliphatic rings. The van der Waals surface area contributed by atoms with Crippen LogP contribution in [0.4, 0.5) is 0 Å². The zero-order valence-corrected chi connectivity index (χ0v) is 10.3. The van der Waals surface area contributed by atoms with Crippen molar-refractivity contribution in [2.45, 2.75) is 12.8 Å². The molecule has 1 aromatic rings. The lowest BCUT2D eigenvalue weighted by Crippen LogP contribution is -2.13. The quantitative estimate of drug-likeness (QED) is 0.386. The topological polar surface area (TPSA) is 67.8 Å². The van der Waals surface area contributed by atoms with Crippen molar-refractivity contribution in [1.82, 2.24) is 0 Å². The molecule has 0 aliphatic heterocycles. The zero-order chi connectivity index (χ0) is 11.5. The van der Waals surface area contributed by atoms with E-state index in [-0.39, 0.29) is 5.84 Å². The Morgan fingerprint density at radius 2 is 2.31 bits per heavy atom. The van der Waals surface area contributed by atoms with Crippen molar-refractivity contribution in [3.8, 4) is 5.75 Å². The smallest absolute Gasteiger partial charge is 0.170 e. The first-order valence-electron chi connectivity index (χ1n) is 5.11. The Kier molecular flexibility index (Phi) is 3.33. The number of oxime groups is 1. The summed E-state index contributed by atoms with van der Waals surface area (Å²) in [6, 6.07) is 5.36. The van der Waals surface area contributed by atoms with E-state index in [0.29, 0.717) is 5.56 Å². The molecule has 1 saturated carbocycles. The van der Waals surface area contributed by atoms with E-state index in [4.69, 9.17) is 15.7 Å². The van der Waals surface area contributed by atoms with Gasteiger partial charge in [-0.3, -0.25) is 0 Å². The molecule has 4 nitrogen and oxygen atoms in total. The minimum atomic E-state index is 0.0921. The number of halogens is 1. The Balaban J connectivity index is 2.08. The molecule has 0 heterocycles. The number of nitrogens with two attached hydrogens (primary N) is 1. The number of hydrogen-bond acceptors (Lipinski definition) is 3. The van der Waals surface area contributed by atoms with Crippen LogP contribution >= 0.6 is 15.9 Å². The van der Waals surface area contributed by atoms with Crippen LogP contribution in [0.1, 0.15) is 18.4 Å². The fourth-order valence-corrected chi connectivity index (χ4v) is 1.82. The lowest BCUT2D eigenvalue weighted by molar-refractivity contribution is 0.298. The summed E-state index contributed by atoms with van der Waals surface area (Å²) >= 11 is 3.40. The molecule has 0 bridgehead atoms. The number of amidine groups is 1. The lowest BCUT2D eigenvalue weighted by Gasteiger charge is -2.08. The van der Waals surface area contributed by atoms with Gasteiger partial charge in [-0.25, -0.2) is 0 Å². The highest BCUT2D eigenvalue weighted by atomic mass is 79.9. The summed E-state index contributed by atoms with van der Waals surface area (Å²) in [5.74, 6) is 1.60. The van der Waals surface area contributed by atoms with Crippen LogP contribution in [0.3, 0.4) is 0 Å². The van der Waals surface area contributed by atoms with Crippen LogP contribution in [0.5, 0.6) is 5.75 Å². The van der Waals surface area contributed by atoms with Crippen LogP contribution in [-0.2, 0) is 0 Å². The predicted molar refractivity (Wildman–Crippen MR) is 64.9 cm³/mol. The monoisotopic (exact) mass is 284 g/mol. The molecule has 1 aliphatic carbocycles. The van der Waals surface area contributed by atoms with E-state index in [1.807, 2.05) is 6.07 Å². The van der Waals surface area contributed by atoms with Gasteiger partial charge in [0.2, 0.25) is 0 Å². The van der Waals surface area contributed by atoms with Crippen LogP contribution < -0.4 is 10.5 Å². The maximum absolute atomic E-state index is 8.55. The molecule has 0 spiro atoms. The summed E-state index contributed by atoms with van der Waals surface area (Å²) in [5.41, 5.74) is 6.14. The Hall–Kier alpha value is -1.23. The van der Waals surface area contributed by atoms with Gasteiger partial charge in [0.05, 0.1) is 11.1 Å². The largest absolute Gasteiger partial charge is 0.492 e. The third-order valence-corrected chi connectivity index (χ3v) is 3.13. The predicted octanol–water partition coefficient (Wildman–Crippen LogP) is 2.33. The van der Waals surface area contributed by atoms with Gasteiger partial charge in [-0.1, -0.05) is 5.16 Å². The molecule has 1 aromatic carbocycles. The highest BCUT2D eigenvalue weighted by Crippen LogP contribution is 2.32. The number of rotatable bonds is 4. The first-order valence-corrected chi connectivity index (χ1v) is 5.90. The standard InChI is InChI=1S/C11H13BrN2O2/c12-9-5-8(11(13)14-15)3-4-10(9)16-6-7-1-2-7/h3-5,7,15H,1-2,6H2,(H2,13,14). The van der Waals surface area contributed by atoms with Crippen LogP contribution in [0.25, 0.3) is 0 Å². The fraction of sp³-hybridized carbons (Fsp3) is 0.364. The van der Waals surface area contributed by atoms with Crippen molar-refractivity contribution in [2.75, 3.05) is 6.61 Å². The summed E-state index contributed by atoms with van der Waals surface area (Å²) < 4.78 is 6.46. The van der Waals surface area contributed by atoms with Crippen LogP contribution in [-0.4, -0.2) is 17.6 Å². The average molecular weight is 285 g/mol. The molecule has 0 unspecified atom stereocenters. The van der Waals surface area contributed by atoms with E-state index in [1.165, 1.54) is 12.8 Å². The number of nitrogens with zero attached hydrogens (tertiary/aromatic N) is 1. The van der Waals surface area contributed by atoms with Gasteiger partial charge in [-0.15, -0.1) is 0 Å². The third-order valence-electron chi connectivity index (χ3n) is 2.51. The van der Waals surface area contributed by atoms with Gasteiger partial charge < -0.3 is 15.7 Å². The maximum atomic E-state index is 8.55. The highest BCUT2D eigenvalue weighted by Gasteiger charge is 2.22. The van der Waals surface area contributed by atoms with E-state index in [2.05, 4.69) is 21.1 Å². The van der Waals surface area contributed by atoms with Gasteiger partial charge >= 0.3 is 0 Å². The fourth-order valence-electron chi connectivity index (χ4n) is 1.33.